The summed E-state index contributed by atoms with van der Waals surface area (Å²) in [6.45, 7) is 1.05. The van der Waals surface area contributed by atoms with Crippen LogP contribution in [0, 0.1) is 0 Å². The molecule has 1 aromatic carbocycles. The summed E-state index contributed by atoms with van der Waals surface area (Å²) >= 11 is 1.50. The van der Waals surface area contributed by atoms with E-state index in [2.05, 4.69) is 10.1 Å². The highest BCUT2D eigenvalue weighted by atomic mass is 32.2. The number of piperidine rings is 1. The summed E-state index contributed by atoms with van der Waals surface area (Å²) < 4.78 is 4.67. The third-order valence-electron chi connectivity index (χ3n) is 4.07. The van der Waals surface area contributed by atoms with Gasteiger partial charge in [0.05, 0.1) is 0 Å². The van der Waals surface area contributed by atoms with Gasteiger partial charge in [-0.15, -0.1) is 11.8 Å². The predicted molar refractivity (Wildman–Crippen MR) is 85.2 cm³/mol. The van der Waals surface area contributed by atoms with E-state index in [1.165, 1.54) is 16.7 Å². The first-order valence-electron chi connectivity index (χ1n) is 7.56. The lowest BCUT2D eigenvalue weighted by atomic mass is 10.0. The van der Waals surface area contributed by atoms with Crippen molar-refractivity contribution >= 4 is 36.0 Å². The van der Waals surface area contributed by atoms with E-state index in [1.54, 1.807) is 12.1 Å². The van der Waals surface area contributed by atoms with Gasteiger partial charge in [0, 0.05) is 29.2 Å². The van der Waals surface area contributed by atoms with E-state index in [4.69, 9.17) is 0 Å². The molecule has 24 heavy (non-hydrogen) atoms. The summed E-state index contributed by atoms with van der Waals surface area (Å²) in [7, 11) is 0. The van der Waals surface area contributed by atoms with Gasteiger partial charge in [0.25, 0.3) is 12.4 Å². The molecule has 7 nitrogen and oxygen atoms in total. The van der Waals surface area contributed by atoms with Crippen molar-refractivity contribution in [2.24, 2.45) is 0 Å². The number of carbonyl (C=O) groups excluding carboxylic acids is 4. The number of benzene rings is 1. The molecule has 1 aromatic rings. The van der Waals surface area contributed by atoms with Gasteiger partial charge < -0.3 is 9.64 Å². The van der Waals surface area contributed by atoms with Gasteiger partial charge in [0.1, 0.15) is 12.6 Å². The number of carbonyl (C=O) groups is 4. The van der Waals surface area contributed by atoms with Crippen LogP contribution in [-0.4, -0.2) is 47.5 Å². The van der Waals surface area contributed by atoms with Crippen molar-refractivity contribution in [2.75, 3.05) is 12.4 Å². The van der Waals surface area contributed by atoms with Crippen molar-refractivity contribution in [3.63, 3.8) is 0 Å². The minimum absolute atomic E-state index is 0.189. The molecule has 1 saturated heterocycles. The number of hydrogen-bond donors (Lipinski definition) is 1. The van der Waals surface area contributed by atoms with Gasteiger partial charge in [0.2, 0.25) is 11.8 Å². The first-order valence-corrected chi connectivity index (χ1v) is 8.55. The van der Waals surface area contributed by atoms with Crippen LogP contribution in [0.25, 0.3) is 0 Å². The van der Waals surface area contributed by atoms with Crippen LogP contribution < -0.4 is 5.32 Å². The fourth-order valence-electron chi connectivity index (χ4n) is 2.94. The van der Waals surface area contributed by atoms with E-state index in [9.17, 15) is 19.2 Å². The lowest BCUT2D eigenvalue weighted by Gasteiger charge is -2.29. The monoisotopic (exact) mass is 348 g/mol. The first-order chi connectivity index (χ1) is 11.6. The molecule has 0 aromatic heterocycles. The minimum Gasteiger partial charge on any atom is -0.467 e. The Morgan fingerprint density at radius 3 is 2.92 bits per heavy atom. The Bertz CT molecular complexity index is 706. The molecule has 0 radical (unpaired) electrons. The van der Waals surface area contributed by atoms with Gasteiger partial charge >= 0.3 is 0 Å². The summed E-state index contributed by atoms with van der Waals surface area (Å²) in [4.78, 5) is 48.6. The highest BCUT2D eigenvalue weighted by Crippen LogP contribution is 2.34. The van der Waals surface area contributed by atoms with E-state index in [0.717, 1.165) is 10.5 Å². The maximum absolute atomic E-state index is 12.6. The molecule has 3 rings (SSSR count). The first kappa shape index (κ1) is 16.5. The molecule has 1 unspecified atom stereocenters. The Balaban J connectivity index is 1.76. The molecule has 8 heteroatoms. The zero-order valence-corrected chi connectivity index (χ0v) is 13.6. The normalized spacial score (nSPS) is 19.9. The SMILES string of the molecule is O=COCCSc1cccc2c1CN(C1CCC(=O)NC1=O)C2=O. The third kappa shape index (κ3) is 3.14. The fraction of sp³-hybridized carbons (Fsp3) is 0.375. The number of imide groups is 1. The molecule has 0 saturated carbocycles. The highest BCUT2D eigenvalue weighted by Gasteiger charge is 2.39. The van der Waals surface area contributed by atoms with Crippen molar-refractivity contribution in [3.8, 4) is 0 Å². The topological polar surface area (TPSA) is 92.8 Å². The van der Waals surface area contributed by atoms with Crippen LogP contribution >= 0.6 is 11.8 Å². The van der Waals surface area contributed by atoms with E-state index < -0.39 is 11.9 Å². The minimum atomic E-state index is -0.612. The van der Waals surface area contributed by atoms with Crippen molar-refractivity contribution in [1.29, 1.82) is 0 Å². The van der Waals surface area contributed by atoms with E-state index >= 15 is 0 Å². The molecular weight excluding hydrogens is 332 g/mol. The van der Waals surface area contributed by atoms with Gasteiger partial charge in [-0.25, -0.2) is 0 Å². The summed E-state index contributed by atoms with van der Waals surface area (Å²) in [6.07, 6.45) is 0.585. The number of rotatable bonds is 6. The standard InChI is InChI=1S/C16H16N2O5S/c19-9-23-6-7-24-13-3-1-2-10-11(13)8-18(16(10)22)12-4-5-14(20)17-15(12)21/h1-3,9,12H,4-8H2,(H,17,20,21). The fourth-order valence-corrected chi connectivity index (χ4v) is 3.86. The van der Waals surface area contributed by atoms with E-state index in [0.29, 0.717) is 37.4 Å². The second kappa shape index (κ2) is 7.04. The number of nitrogens with zero attached hydrogens (tertiary/aromatic N) is 1. The van der Waals surface area contributed by atoms with Gasteiger partial charge in [-0.2, -0.15) is 0 Å². The van der Waals surface area contributed by atoms with Crippen LogP contribution in [0.3, 0.4) is 0 Å². The number of fused-ring (bicyclic) bond motifs is 1. The molecule has 0 spiro atoms. The molecular formula is C16H16N2O5S. The van der Waals surface area contributed by atoms with Gasteiger partial charge in [-0.1, -0.05) is 6.07 Å². The Kier molecular flexibility index (Phi) is 4.84. The van der Waals surface area contributed by atoms with Crippen LogP contribution in [0.4, 0.5) is 0 Å². The quantitative estimate of drug-likeness (QED) is 0.352. The number of ether oxygens (including phenoxy) is 1. The molecule has 1 atom stereocenters. The average Bonchev–Trinajstić information content (AvgIpc) is 2.89. The Hall–Kier alpha value is -2.35. The average molecular weight is 348 g/mol. The maximum Gasteiger partial charge on any atom is 0.293 e. The molecule has 0 aliphatic carbocycles. The Labute approximate surface area is 142 Å². The van der Waals surface area contributed by atoms with Crippen molar-refractivity contribution in [3.05, 3.63) is 29.3 Å². The summed E-state index contributed by atoms with van der Waals surface area (Å²) in [5.74, 6) is -0.319. The van der Waals surface area contributed by atoms with Crippen molar-refractivity contribution in [2.45, 2.75) is 30.3 Å². The Morgan fingerprint density at radius 2 is 2.17 bits per heavy atom. The van der Waals surface area contributed by atoms with E-state index in [1.807, 2.05) is 6.07 Å². The number of amides is 3. The van der Waals surface area contributed by atoms with Gasteiger partial charge in [-0.3, -0.25) is 24.5 Å². The predicted octanol–water partition coefficient (Wildman–Crippen LogP) is 0.713. The highest BCUT2D eigenvalue weighted by molar-refractivity contribution is 7.99. The molecule has 126 valence electrons. The smallest absolute Gasteiger partial charge is 0.293 e. The summed E-state index contributed by atoms with van der Waals surface area (Å²) in [6, 6.07) is 4.84. The maximum atomic E-state index is 12.6. The lowest BCUT2D eigenvalue weighted by molar-refractivity contribution is -0.137. The van der Waals surface area contributed by atoms with Crippen LogP contribution in [-0.2, 0) is 25.7 Å². The zero-order valence-electron chi connectivity index (χ0n) is 12.8. The second-order valence-electron chi connectivity index (χ2n) is 5.50. The molecule has 1 fully saturated rings. The van der Waals surface area contributed by atoms with E-state index in [-0.39, 0.29) is 18.2 Å². The second-order valence-corrected chi connectivity index (χ2v) is 6.63. The van der Waals surface area contributed by atoms with Crippen LogP contribution in [0.15, 0.2) is 23.1 Å². The molecule has 2 aliphatic rings. The number of nitrogens with one attached hydrogen (secondary N) is 1. The van der Waals surface area contributed by atoms with Crippen LogP contribution in [0.2, 0.25) is 0 Å². The molecule has 2 heterocycles. The van der Waals surface area contributed by atoms with Gasteiger partial charge in [-0.05, 0) is 24.1 Å². The van der Waals surface area contributed by atoms with Crippen molar-refractivity contribution < 1.29 is 23.9 Å². The lowest BCUT2D eigenvalue weighted by Crippen LogP contribution is -2.52. The summed E-state index contributed by atoms with van der Waals surface area (Å²) in [5.41, 5.74) is 1.46. The zero-order chi connectivity index (χ0) is 17.1. The van der Waals surface area contributed by atoms with Crippen LogP contribution in [0.5, 0.6) is 0 Å². The van der Waals surface area contributed by atoms with Gasteiger partial charge in [0.15, 0.2) is 0 Å². The molecule has 3 amide bonds. The number of thioether (sulfide) groups is 1. The number of hydrogen-bond acceptors (Lipinski definition) is 6. The molecule has 1 N–H and O–H groups in total. The third-order valence-corrected chi connectivity index (χ3v) is 5.13. The van der Waals surface area contributed by atoms with Crippen LogP contribution in [0.1, 0.15) is 28.8 Å². The Morgan fingerprint density at radius 1 is 1.33 bits per heavy atom. The van der Waals surface area contributed by atoms with Crippen molar-refractivity contribution in [1.82, 2.24) is 10.2 Å². The summed E-state index contributed by atoms with van der Waals surface area (Å²) in [5, 5.41) is 2.29. The molecule has 2 aliphatic heterocycles. The molecule has 0 bridgehead atoms. The largest absolute Gasteiger partial charge is 0.467 e.